The van der Waals surface area contributed by atoms with Crippen LogP contribution in [0.2, 0.25) is 5.02 Å². The van der Waals surface area contributed by atoms with Crippen molar-refractivity contribution in [1.82, 2.24) is 4.31 Å². The molecule has 0 bridgehead atoms. The predicted octanol–water partition coefficient (Wildman–Crippen LogP) is 5.92. The first-order chi connectivity index (χ1) is 13.1. The molecule has 150 valence electrons. The van der Waals surface area contributed by atoms with E-state index in [1.54, 1.807) is 28.6 Å². The number of benzene rings is 2. The highest BCUT2D eigenvalue weighted by atomic mass is 35.5. The molecule has 0 saturated carbocycles. The first-order valence-electron chi connectivity index (χ1n) is 8.41. The smallest absolute Gasteiger partial charge is 0.416 e. The fraction of sp³-hybridized carbons (Fsp3) is 0.316. The molecule has 0 unspecified atom stereocenters. The maximum Gasteiger partial charge on any atom is 0.416 e. The van der Waals surface area contributed by atoms with Gasteiger partial charge in [0, 0.05) is 41.4 Å². The van der Waals surface area contributed by atoms with Crippen molar-refractivity contribution in [2.45, 2.75) is 29.6 Å². The molecule has 1 heterocycles. The number of carboxylic acids is 1. The lowest BCUT2D eigenvalue weighted by molar-refractivity contribution is -0.153. The number of carbonyl (C=O) groups is 1. The van der Waals surface area contributed by atoms with Gasteiger partial charge in [0.05, 0.1) is 5.56 Å². The highest BCUT2D eigenvalue weighted by molar-refractivity contribution is 7.97. The number of rotatable bonds is 4. The molecule has 1 aliphatic rings. The Balaban J connectivity index is 1.91. The molecule has 3 nitrogen and oxygen atoms in total. The van der Waals surface area contributed by atoms with Gasteiger partial charge in [-0.15, -0.1) is 0 Å². The van der Waals surface area contributed by atoms with Gasteiger partial charge in [0.2, 0.25) is 5.67 Å². The summed E-state index contributed by atoms with van der Waals surface area (Å²) >= 11 is 7.37. The lowest BCUT2D eigenvalue weighted by Gasteiger charge is -2.33. The molecule has 1 aliphatic heterocycles. The summed E-state index contributed by atoms with van der Waals surface area (Å²) in [7, 11) is 0. The number of piperidine rings is 1. The van der Waals surface area contributed by atoms with Gasteiger partial charge in [-0.05, 0) is 41.8 Å². The van der Waals surface area contributed by atoms with E-state index in [4.69, 9.17) is 16.7 Å². The Morgan fingerprint density at radius 1 is 1.11 bits per heavy atom. The Morgan fingerprint density at radius 3 is 2.32 bits per heavy atom. The van der Waals surface area contributed by atoms with Crippen LogP contribution < -0.4 is 0 Å². The highest BCUT2D eigenvalue weighted by Crippen LogP contribution is 2.42. The summed E-state index contributed by atoms with van der Waals surface area (Å²) in [4.78, 5) is 11.6. The van der Waals surface area contributed by atoms with E-state index in [-0.39, 0.29) is 25.9 Å². The largest absolute Gasteiger partial charge is 0.479 e. The van der Waals surface area contributed by atoms with E-state index >= 15 is 0 Å². The van der Waals surface area contributed by atoms with Crippen LogP contribution in [0.1, 0.15) is 18.4 Å². The maximum atomic E-state index is 14.2. The van der Waals surface area contributed by atoms with Crippen LogP contribution in [0.3, 0.4) is 0 Å². The van der Waals surface area contributed by atoms with Crippen LogP contribution in [0.25, 0.3) is 11.1 Å². The monoisotopic (exact) mass is 433 g/mol. The number of hydrogen-bond acceptors (Lipinski definition) is 3. The Morgan fingerprint density at radius 2 is 1.75 bits per heavy atom. The SMILES string of the molecule is O=C(O)C1(F)CCN(Sc2ccc(C(F)(F)F)cc2-c2ccccc2Cl)CC1. The van der Waals surface area contributed by atoms with Crippen LogP contribution in [0.15, 0.2) is 47.4 Å². The van der Waals surface area contributed by atoms with E-state index in [1.807, 2.05) is 0 Å². The summed E-state index contributed by atoms with van der Waals surface area (Å²) in [5, 5.41) is 9.30. The number of halogens is 5. The molecule has 28 heavy (non-hydrogen) atoms. The summed E-state index contributed by atoms with van der Waals surface area (Å²) in [6.07, 6.45) is -4.87. The molecule has 0 radical (unpaired) electrons. The number of aliphatic carboxylic acids is 1. The average molecular weight is 434 g/mol. The third-order valence-corrected chi connectivity index (χ3v) is 6.10. The summed E-state index contributed by atoms with van der Waals surface area (Å²) in [6, 6.07) is 9.99. The fourth-order valence-electron chi connectivity index (χ4n) is 2.96. The number of alkyl halides is 4. The van der Waals surface area contributed by atoms with Crippen molar-refractivity contribution in [3.8, 4) is 11.1 Å². The third-order valence-electron chi connectivity index (χ3n) is 4.60. The van der Waals surface area contributed by atoms with Crippen LogP contribution >= 0.6 is 23.5 Å². The second-order valence-corrected chi connectivity index (χ2v) is 8.03. The predicted molar refractivity (Wildman–Crippen MR) is 100 cm³/mol. The Hall–Kier alpha value is -1.77. The first-order valence-corrected chi connectivity index (χ1v) is 9.57. The van der Waals surface area contributed by atoms with Gasteiger partial charge in [0.25, 0.3) is 0 Å². The van der Waals surface area contributed by atoms with Gasteiger partial charge in [0.15, 0.2) is 0 Å². The van der Waals surface area contributed by atoms with E-state index in [9.17, 15) is 22.4 Å². The molecule has 2 aromatic rings. The molecule has 0 aliphatic carbocycles. The van der Waals surface area contributed by atoms with Gasteiger partial charge in [0.1, 0.15) is 0 Å². The molecule has 0 spiro atoms. The summed E-state index contributed by atoms with van der Waals surface area (Å²) in [5.41, 5.74) is -2.28. The average Bonchev–Trinajstić information content (AvgIpc) is 2.63. The first kappa shape index (κ1) is 21.0. The lowest BCUT2D eigenvalue weighted by atomic mass is 9.95. The molecule has 0 aromatic heterocycles. The van der Waals surface area contributed by atoms with E-state index in [1.165, 1.54) is 18.0 Å². The van der Waals surface area contributed by atoms with Crippen LogP contribution in [-0.2, 0) is 11.0 Å². The molecule has 9 heteroatoms. The van der Waals surface area contributed by atoms with E-state index < -0.39 is 23.4 Å². The normalized spacial score (nSPS) is 17.5. The number of hydrogen-bond donors (Lipinski definition) is 1. The summed E-state index contributed by atoms with van der Waals surface area (Å²) in [5.74, 6) is -1.48. The van der Waals surface area contributed by atoms with Crippen LogP contribution in [0.5, 0.6) is 0 Å². The lowest BCUT2D eigenvalue weighted by Crippen LogP contribution is -2.44. The molecule has 0 atom stereocenters. The third kappa shape index (κ3) is 4.45. The second-order valence-electron chi connectivity index (χ2n) is 6.48. The molecule has 0 amide bonds. The highest BCUT2D eigenvalue weighted by Gasteiger charge is 2.42. The van der Waals surface area contributed by atoms with Gasteiger partial charge in [-0.2, -0.15) is 13.2 Å². The van der Waals surface area contributed by atoms with E-state index in [0.717, 1.165) is 12.1 Å². The molecule has 1 N–H and O–H groups in total. The zero-order valence-corrected chi connectivity index (χ0v) is 16.0. The van der Waals surface area contributed by atoms with Crippen molar-refractivity contribution in [3.05, 3.63) is 53.1 Å². The van der Waals surface area contributed by atoms with Crippen molar-refractivity contribution in [2.24, 2.45) is 0 Å². The van der Waals surface area contributed by atoms with Gasteiger partial charge < -0.3 is 5.11 Å². The molecule has 1 saturated heterocycles. The van der Waals surface area contributed by atoms with Gasteiger partial charge in [-0.25, -0.2) is 13.5 Å². The van der Waals surface area contributed by atoms with E-state index in [0.29, 0.717) is 21.0 Å². The fourth-order valence-corrected chi connectivity index (χ4v) is 4.24. The molecular formula is C19H16ClF4NO2S. The quantitative estimate of drug-likeness (QED) is 0.480. The number of nitrogens with zero attached hydrogens (tertiary/aromatic N) is 1. The van der Waals surface area contributed by atoms with E-state index in [2.05, 4.69) is 0 Å². The van der Waals surface area contributed by atoms with Gasteiger partial charge >= 0.3 is 12.1 Å². The van der Waals surface area contributed by atoms with Gasteiger partial charge in [-0.1, -0.05) is 29.8 Å². The Labute approximate surface area is 168 Å². The van der Waals surface area contributed by atoms with Gasteiger partial charge in [-0.3, -0.25) is 0 Å². The maximum absolute atomic E-state index is 14.2. The molecule has 2 aromatic carbocycles. The zero-order chi connectivity index (χ0) is 20.5. The minimum atomic E-state index is -4.50. The topological polar surface area (TPSA) is 40.5 Å². The van der Waals surface area contributed by atoms with Crippen molar-refractivity contribution in [2.75, 3.05) is 13.1 Å². The van der Waals surface area contributed by atoms with Crippen LogP contribution in [-0.4, -0.2) is 34.1 Å². The number of carboxylic acid groups (broad SMARTS) is 1. The van der Waals surface area contributed by atoms with Crippen molar-refractivity contribution >= 4 is 29.5 Å². The Kier molecular flexibility index (Phi) is 5.93. The zero-order valence-electron chi connectivity index (χ0n) is 14.5. The van der Waals surface area contributed by atoms with Crippen LogP contribution in [0.4, 0.5) is 17.6 Å². The minimum Gasteiger partial charge on any atom is -0.479 e. The van der Waals surface area contributed by atoms with Crippen LogP contribution in [0, 0.1) is 0 Å². The summed E-state index contributed by atoms with van der Waals surface area (Å²) < 4.78 is 55.5. The minimum absolute atomic E-state index is 0.163. The molecule has 3 rings (SSSR count). The van der Waals surface area contributed by atoms with Crippen molar-refractivity contribution in [1.29, 1.82) is 0 Å². The van der Waals surface area contributed by atoms with Crippen molar-refractivity contribution in [3.63, 3.8) is 0 Å². The standard InChI is InChI=1S/C19H16ClF4NO2S/c20-15-4-2-1-3-13(15)14-11-12(19(22,23)24)5-6-16(14)28-25-9-7-18(21,8-10-25)17(26)27/h1-6,11H,7-10H2,(H,26,27). The Bertz CT molecular complexity index is 882. The molecule has 1 fully saturated rings. The molecular weight excluding hydrogens is 418 g/mol. The second kappa shape index (κ2) is 7.93. The van der Waals surface area contributed by atoms with Crippen molar-refractivity contribution < 1.29 is 27.5 Å². The summed E-state index contributed by atoms with van der Waals surface area (Å²) in [6.45, 7) is 0.326.